The van der Waals surface area contributed by atoms with Gasteiger partial charge in [-0.25, -0.2) is 0 Å². The summed E-state index contributed by atoms with van der Waals surface area (Å²) < 4.78 is 44.5. The summed E-state index contributed by atoms with van der Waals surface area (Å²) in [5, 5.41) is 1.05. The van der Waals surface area contributed by atoms with Crippen LogP contribution in [-0.4, -0.2) is 13.1 Å². The number of alkyl halides is 3. The first-order valence-electron chi connectivity index (χ1n) is 8.11. The summed E-state index contributed by atoms with van der Waals surface area (Å²) >= 11 is 0. The normalized spacial score (nSPS) is 15.5. The Labute approximate surface area is 143 Å². The highest BCUT2D eigenvalue weighted by atomic mass is 19.4. The zero-order valence-electron chi connectivity index (χ0n) is 13.4. The van der Waals surface area contributed by atoms with Crippen LogP contribution in [0.15, 0.2) is 65.1 Å². The fraction of sp³-hybridized carbons (Fsp3) is 0.200. The Bertz CT molecular complexity index is 906. The SMILES string of the molecule is FC(F)(F)c1cccc(C2=CCN(c3cc4ccccc4o3)CC2)c1. The van der Waals surface area contributed by atoms with Crippen LogP contribution in [0.5, 0.6) is 0 Å². The molecule has 2 aromatic carbocycles. The van der Waals surface area contributed by atoms with Crippen LogP contribution < -0.4 is 4.90 Å². The van der Waals surface area contributed by atoms with Gasteiger partial charge >= 0.3 is 6.18 Å². The molecule has 0 saturated carbocycles. The molecule has 2 nitrogen and oxygen atoms in total. The molecule has 1 aromatic heterocycles. The number of anilines is 1. The van der Waals surface area contributed by atoms with E-state index in [1.165, 1.54) is 12.1 Å². The van der Waals surface area contributed by atoms with Crippen molar-refractivity contribution in [3.8, 4) is 0 Å². The van der Waals surface area contributed by atoms with Crippen LogP contribution in [-0.2, 0) is 6.18 Å². The van der Waals surface area contributed by atoms with Crippen LogP contribution in [0.3, 0.4) is 0 Å². The molecule has 5 heteroatoms. The van der Waals surface area contributed by atoms with Crippen molar-refractivity contribution in [1.29, 1.82) is 0 Å². The van der Waals surface area contributed by atoms with Crippen LogP contribution in [0, 0.1) is 0 Å². The number of fused-ring (bicyclic) bond motifs is 1. The predicted molar refractivity (Wildman–Crippen MR) is 92.5 cm³/mol. The summed E-state index contributed by atoms with van der Waals surface area (Å²) in [6.07, 6.45) is -1.66. The van der Waals surface area contributed by atoms with Gasteiger partial charge in [0.2, 0.25) is 0 Å². The molecule has 0 aliphatic carbocycles. The molecule has 0 bridgehead atoms. The number of furan rings is 1. The number of para-hydroxylation sites is 1. The number of rotatable bonds is 2. The molecule has 0 N–H and O–H groups in total. The van der Waals surface area contributed by atoms with Crippen LogP contribution in [0.25, 0.3) is 16.5 Å². The fourth-order valence-corrected chi connectivity index (χ4v) is 3.15. The van der Waals surface area contributed by atoms with Crippen molar-refractivity contribution >= 4 is 22.4 Å². The minimum atomic E-state index is -4.31. The van der Waals surface area contributed by atoms with Gasteiger partial charge in [-0.05, 0) is 35.8 Å². The number of halogens is 3. The summed E-state index contributed by atoms with van der Waals surface area (Å²) in [4.78, 5) is 2.09. The van der Waals surface area contributed by atoms with Crippen molar-refractivity contribution in [3.05, 3.63) is 71.8 Å². The third-order valence-electron chi connectivity index (χ3n) is 4.49. The van der Waals surface area contributed by atoms with Crippen molar-refractivity contribution in [2.45, 2.75) is 12.6 Å². The molecule has 4 rings (SSSR count). The maximum atomic E-state index is 12.9. The van der Waals surface area contributed by atoms with E-state index in [1.54, 1.807) is 6.07 Å². The third kappa shape index (κ3) is 3.14. The number of hydrogen-bond acceptors (Lipinski definition) is 2. The molecule has 3 aromatic rings. The molecular formula is C20H16F3NO. The Hall–Kier alpha value is -2.69. The molecule has 0 spiro atoms. The Morgan fingerprint density at radius 3 is 2.52 bits per heavy atom. The van der Waals surface area contributed by atoms with E-state index in [9.17, 15) is 13.2 Å². The molecule has 0 amide bonds. The lowest BCUT2D eigenvalue weighted by atomic mass is 9.97. The number of benzene rings is 2. The van der Waals surface area contributed by atoms with Gasteiger partial charge < -0.3 is 9.32 Å². The zero-order chi connectivity index (χ0) is 17.4. The smallest absolute Gasteiger partial charge is 0.416 e. The van der Waals surface area contributed by atoms with E-state index in [2.05, 4.69) is 4.90 Å². The first-order valence-corrected chi connectivity index (χ1v) is 8.11. The Kier molecular flexibility index (Phi) is 3.79. The maximum Gasteiger partial charge on any atom is 0.416 e. The van der Waals surface area contributed by atoms with Crippen molar-refractivity contribution in [2.24, 2.45) is 0 Å². The van der Waals surface area contributed by atoms with Crippen molar-refractivity contribution in [2.75, 3.05) is 18.0 Å². The van der Waals surface area contributed by atoms with Gasteiger partial charge in [-0.3, -0.25) is 0 Å². The van der Waals surface area contributed by atoms with Gasteiger partial charge in [-0.1, -0.05) is 36.4 Å². The van der Waals surface area contributed by atoms with Crippen LogP contribution in [0.4, 0.5) is 19.1 Å². The lowest BCUT2D eigenvalue weighted by molar-refractivity contribution is -0.137. The summed E-state index contributed by atoms with van der Waals surface area (Å²) in [5.74, 6) is 0.792. The second-order valence-electron chi connectivity index (χ2n) is 6.13. The topological polar surface area (TPSA) is 16.4 Å². The average Bonchev–Trinajstić information content (AvgIpc) is 3.05. The van der Waals surface area contributed by atoms with Gasteiger partial charge in [0.15, 0.2) is 5.88 Å². The molecule has 2 heterocycles. The van der Waals surface area contributed by atoms with E-state index >= 15 is 0 Å². The number of nitrogens with zero attached hydrogens (tertiary/aromatic N) is 1. The molecule has 1 aliphatic heterocycles. The summed E-state index contributed by atoms with van der Waals surface area (Å²) in [7, 11) is 0. The second kappa shape index (κ2) is 5.99. The van der Waals surface area contributed by atoms with Gasteiger partial charge in [-0.2, -0.15) is 13.2 Å². The van der Waals surface area contributed by atoms with Crippen LogP contribution in [0.1, 0.15) is 17.5 Å². The summed E-state index contributed by atoms with van der Waals surface area (Å²) in [5.41, 5.74) is 1.81. The first kappa shape index (κ1) is 15.8. The quantitative estimate of drug-likeness (QED) is 0.589. The molecular weight excluding hydrogens is 327 g/mol. The third-order valence-corrected chi connectivity index (χ3v) is 4.49. The average molecular weight is 343 g/mol. The highest BCUT2D eigenvalue weighted by Gasteiger charge is 2.30. The minimum Gasteiger partial charge on any atom is -0.441 e. The Balaban J connectivity index is 1.56. The molecule has 0 unspecified atom stereocenters. The lowest BCUT2D eigenvalue weighted by Crippen LogP contribution is -2.27. The van der Waals surface area contributed by atoms with E-state index in [1.807, 2.05) is 36.4 Å². The maximum absolute atomic E-state index is 12.9. The van der Waals surface area contributed by atoms with Crippen molar-refractivity contribution in [3.63, 3.8) is 0 Å². The van der Waals surface area contributed by atoms with Crippen LogP contribution >= 0.6 is 0 Å². The van der Waals surface area contributed by atoms with Gasteiger partial charge in [0, 0.05) is 24.5 Å². The Morgan fingerprint density at radius 1 is 0.960 bits per heavy atom. The predicted octanol–water partition coefficient (Wildman–Crippen LogP) is 5.75. The van der Waals surface area contributed by atoms with Gasteiger partial charge in [0.1, 0.15) is 5.58 Å². The van der Waals surface area contributed by atoms with E-state index in [4.69, 9.17) is 4.42 Å². The number of hydrogen-bond donors (Lipinski definition) is 0. The highest BCUT2D eigenvalue weighted by molar-refractivity contribution is 5.81. The van der Waals surface area contributed by atoms with Gasteiger partial charge in [0.25, 0.3) is 0 Å². The highest BCUT2D eigenvalue weighted by Crippen LogP contribution is 2.33. The minimum absolute atomic E-state index is 0.606. The fourth-order valence-electron chi connectivity index (χ4n) is 3.15. The largest absolute Gasteiger partial charge is 0.441 e. The lowest BCUT2D eigenvalue weighted by Gasteiger charge is -2.26. The van der Waals surface area contributed by atoms with E-state index in [0.717, 1.165) is 28.5 Å². The Morgan fingerprint density at radius 2 is 1.80 bits per heavy atom. The standard InChI is InChI=1S/C20H16F3NO/c21-20(22,23)17-6-3-5-15(12-17)14-8-10-24(11-9-14)19-13-16-4-1-2-7-18(16)25-19/h1-8,12-13H,9-11H2. The molecule has 0 radical (unpaired) electrons. The van der Waals surface area contributed by atoms with Gasteiger partial charge in [-0.15, -0.1) is 0 Å². The molecule has 128 valence electrons. The van der Waals surface area contributed by atoms with Crippen molar-refractivity contribution in [1.82, 2.24) is 0 Å². The molecule has 0 fully saturated rings. The van der Waals surface area contributed by atoms with Crippen LogP contribution in [0.2, 0.25) is 0 Å². The van der Waals surface area contributed by atoms with Crippen molar-refractivity contribution < 1.29 is 17.6 Å². The van der Waals surface area contributed by atoms with E-state index < -0.39 is 11.7 Å². The molecule has 0 atom stereocenters. The molecule has 25 heavy (non-hydrogen) atoms. The van der Waals surface area contributed by atoms with E-state index in [-0.39, 0.29) is 0 Å². The summed E-state index contributed by atoms with van der Waals surface area (Å²) in [6, 6.07) is 15.3. The van der Waals surface area contributed by atoms with Gasteiger partial charge in [0.05, 0.1) is 5.56 Å². The first-order chi connectivity index (χ1) is 12.0. The second-order valence-corrected chi connectivity index (χ2v) is 6.13. The van der Waals surface area contributed by atoms with E-state index in [0.29, 0.717) is 25.1 Å². The zero-order valence-corrected chi connectivity index (χ0v) is 13.4. The summed E-state index contributed by atoms with van der Waals surface area (Å²) in [6.45, 7) is 1.33. The molecule has 0 saturated heterocycles. The molecule has 1 aliphatic rings. The monoisotopic (exact) mass is 343 g/mol.